The molecule has 1 saturated carbocycles. The maximum Gasteiger partial charge on any atom is 0.0575 e. The minimum Gasteiger partial charge on any atom is -0.378 e. The van der Waals surface area contributed by atoms with Crippen LogP contribution in [0.25, 0.3) is 0 Å². The third-order valence-electron chi connectivity index (χ3n) is 5.56. The first-order chi connectivity index (χ1) is 10.9. The van der Waals surface area contributed by atoms with E-state index in [-0.39, 0.29) is 0 Å². The van der Waals surface area contributed by atoms with E-state index in [9.17, 15) is 0 Å². The van der Waals surface area contributed by atoms with Crippen molar-refractivity contribution >= 4 is 0 Å². The van der Waals surface area contributed by atoms with Crippen LogP contribution in [0.3, 0.4) is 0 Å². The highest BCUT2D eigenvalue weighted by atomic mass is 16.5. The predicted molar refractivity (Wildman–Crippen MR) is 101 cm³/mol. The lowest BCUT2D eigenvalue weighted by atomic mass is 9.72. The lowest BCUT2D eigenvalue weighted by molar-refractivity contribution is -0.0206. The lowest BCUT2D eigenvalue weighted by Gasteiger charge is -2.37. The van der Waals surface area contributed by atoms with Crippen LogP contribution >= 0.6 is 0 Å². The van der Waals surface area contributed by atoms with E-state index in [1.807, 2.05) is 0 Å². The van der Waals surface area contributed by atoms with E-state index in [0.29, 0.717) is 11.5 Å². The number of hydrazine groups is 1. The molecule has 0 amide bonds. The molecule has 3 heteroatoms. The summed E-state index contributed by atoms with van der Waals surface area (Å²) < 4.78 is 6.14. The number of ether oxygens (including phenoxy) is 1. The average molecular weight is 327 g/mol. The van der Waals surface area contributed by atoms with Gasteiger partial charge in [0.2, 0.25) is 0 Å². The van der Waals surface area contributed by atoms with Gasteiger partial charge in [0.25, 0.3) is 0 Å². The number of hydrogen-bond donors (Lipinski definition) is 0. The van der Waals surface area contributed by atoms with E-state index in [4.69, 9.17) is 4.74 Å². The lowest BCUT2D eigenvalue weighted by Crippen LogP contribution is -2.42. The molecule has 0 bridgehead atoms. The molecule has 0 aromatic carbocycles. The van der Waals surface area contributed by atoms with Crippen LogP contribution in [-0.4, -0.2) is 48.9 Å². The van der Waals surface area contributed by atoms with Crippen molar-refractivity contribution in [3.05, 3.63) is 0 Å². The van der Waals surface area contributed by atoms with Crippen molar-refractivity contribution in [2.24, 2.45) is 11.3 Å². The monoisotopic (exact) mass is 326 g/mol. The summed E-state index contributed by atoms with van der Waals surface area (Å²) in [7, 11) is 0. The van der Waals surface area contributed by atoms with Crippen LogP contribution in [-0.2, 0) is 4.74 Å². The Morgan fingerprint density at radius 3 is 1.87 bits per heavy atom. The summed E-state index contributed by atoms with van der Waals surface area (Å²) in [4.78, 5) is 0. The van der Waals surface area contributed by atoms with Crippen LogP contribution in [0, 0.1) is 11.3 Å². The van der Waals surface area contributed by atoms with Gasteiger partial charge in [-0.1, -0.05) is 41.5 Å². The number of hydrogen-bond acceptors (Lipinski definition) is 3. The standard InChI is InChI=1S/C20H42N2O/c1-7-21(8-2)22(9-3)16-10-11-17-23-19-14-12-18(13-15-19)20(4,5)6/h18-19H,7-17H2,1-6H3. The fourth-order valence-electron chi connectivity index (χ4n) is 3.87. The molecule has 0 aliphatic heterocycles. The Bertz CT molecular complexity index is 289. The first kappa shape index (κ1) is 20.9. The van der Waals surface area contributed by atoms with Gasteiger partial charge in [0.15, 0.2) is 0 Å². The van der Waals surface area contributed by atoms with Gasteiger partial charge in [-0.25, -0.2) is 10.0 Å². The number of nitrogens with zero attached hydrogens (tertiary/aromatic N) is 2. The molecule has 0 N–H and O–H groups in total. The van der Waals surface area contributed by atoms with Gasteiger partial charge >= 0.3 is 0 Å². The van der Waals surface area contributed by atoms with Crippen LogP contribution < -0.4 is 0 Å². The van der Waals surface area contributed by atoms with Crippen molar-refractivity contribution in [1.29, 1.82) is 0 Å². The van der Waals surface area contributed by atoms with Crippen molar-refractivity contribution in [1.82, 2.24) is 10.0 Å². The largest absolute Gasteiger partial charge is 0.378 e. The molecule has 1 aliphatic carbocycles. The molecule has 0 saturated heterocycles. The number of rotatable bonds is 10. The quantitative estimate of drug-likeness (QED) is 0.416. The van der Waals surface area contributed by atoms with Gasteiger partial charge in [0, 0.05) is 32.8 Å². The van der Waals surface area contributed by atoms with Gasteiger partial charge in [-0.3, -0.25) is 0 Å². The van der Waals surface area contributed by atoms with Gasteiger partial charge < -0.3 is 4.74 Å². The molecule has 1 aliphatic rings. The maximum absolute atomic E-state index is 6.14. The van der Waals surface area contributed by atoms with Crippen molar-refractivity contribution in [2.45, 2.75) is 86.2 Å². The zero-order valence-electron chi connectivity index (χ0n) is 16.7. The minimum atomic E-state index is 0.471. The zero-order chi connectivity index (χ0) is 17.3. The third-order valence-corrected chi connectivity index (χ3v) is 5.56. The Labute approximate surface area is 145 Å². The number of unbranched alkanes of at least 4 members (excludes halogenated alkanes) is 1. The molecule has 0 atom stereocenters. The van der Waals surface area contributed by atoms with Crippen LogP contribution in [0.5, 0.6) is 0 Å². The molecule has 23 heavy (non-hydrogen) atoms. The van der Waals surface area contributed by atoms with E-state index < -0.39 is 0 Å². The summed E-state index contributed by atoms with van der Waals surface area (Å²) in [5, 5.41) is 4.92. The molecule has 3 nitrogen and oxygen atoms in total. The molecule has 138 valence electrons. The van der Waals surface area contributed by atoms with Crippen molar-refractivity contribution in [2.75, 3.05) is 32.8 Å². The van der Waals surface area contributed by atoms with Gasteiger partial charge in [-0.2, -0.15) is 0 Å². The average Bonchev–Trinajstić information content (AvgIpc) is 2.53. The van der Waals surface area contributed by atoms with Crippen molar-refractivity contribution < 1.29 is 4.74 Å². The zero-order valence-corrected chi connectivity index (χ0v) is 16.7. The summed E-state index contributed by atoms with van der Waals surface area (Å²) in [5.74, 6) is 0.884. The summed E-state index contributed by atoms with van der Waals surface area (Å²) >= 11 is 0. The smallest absolute Gasteiger partial charge is 0.0575 e. The van der Waals surface area contributed by atoms with Crippen molar-refractivity contribution in [3.63, 3.8) is 0 Å². The predicted octanol–water partition coefficient (Wildman–Crippen LogP) is 4.97. The Morgan fingerprint density at radius 1 is 0.826 bits per heavy atom. The Kier molecular flexibility index (Phi) is 9.72. The fourth-order valence-corrected chi connectivity index (χ4v) is 3.87. The molecule has 1 rings (SSSR count). The topological polar surface area (TPSA) is 15.7 Å². The van der Waals surface area contributed by atoms with E-state index in [1.54, 1.807) is 0 Å². The molecular weight excluding hydrogens is 284 g/mol. The van der Waals surface area contributed by atoms with Crippen LogP contribution in [0.15, 0.2) is 0 Å². The molecule has 0 heterocycles. The Morgan fingerprint density at radius 2 is 1.39 bits per heavy atom. The highest BCUT2D eigenvalue weighted by Gasteiger charge is 2.29. The Hall–Kier alpha value is -0.120. The SMILES string of the molecule is CCN(CC)N(CC)CCCCOC1CCC(C(C)(C)C)CC1. The summed E-state index contributed by atoms with van der Waals surface area (Å²) in [6, 6.07) is 0. The second-order valence-corrected chi connectivity index (χ2v) is 8.10. The highest BCUT2D eigenvalue weighted by molar-refractivity contribution is 4.80. The Balaban J connectivity index is 2.12. The molecule has 0 aromatic rings. The second-order valence-electron chi connectivity index (χ2n) is 8.10. The molecule has 0 aromatic heterocycles. The van der Waals surface area contributed by atoms with Gasteiger partial charge in [-0.05, 0) is 49.9 Å². The first-order valence-electron chi connectivity index (χ1n) is 10.0. The van der Waals surface area contributed by atoms with Crippen LogP contribution in [0.1, 0.15) is 80.1 Å². The fraction of sp³-hybridized carbons (Fsp3) is 1.00. The summed E-state index contributed by atoms with van der Waals surface area (Å²) in [5.41, 5.74) is 0.471. The van der Waals surface area contributed by atoms with E-state index in [1.165, 1.54) is 38.5 Å². The van der Waals surface area contributed by atoms with Gasteiger partial charge in [0.05, 0.1) is 6.10 Å². The van der Waals surface area contributed by atoms with Crippen LogP contribution in [0.4, 0.5) is 0 Å². The third kappa shape index (κ3) is 7.53. The molecule has 0 spiro atoms. The van der Waals surface area contributed by atoms with Gasteiger partial charge in [0.1, 0.15) is 0 Å². The molecule has 0 radical (unpaired) electrons. The first-order valence-corrected chi connectivity index (χ1v) is 10.0. The molecule has 0 unspecified atom stereocenters. The van der Waals surface area contributed by atoms with E-state index in [2.05, 4.69) is 51.6 Å². The minimum absolute atomic E-state index is 0.471. The highest BCUT2D eigenvalue weighted by Crippen LogP contribution is 2.38. The molecular formula is C20H42N2O. The summed E-state index contributed by atoms with van der Waals surface area (Å²) in [6.45, 7) is 19.3. The van der Waals surface area contributed by atoms with E-state index in [0.717, 1.165) is 38.7 Å². The van der Waals surface area contributed by atoms with Gasteiger partial charge in [-0.15, -0.1) is 0 Å². The van der Waals surface area contributed by atoms with E-state index >= 15 is 0 Å². The molecule has 1 fully saturated rings. The normalized spacial score (nSPS) is 23.0. The summed E-state index contributed by atoms with van der Waals surface area (Å²) in [6.07, 6.45) is 8.18. The van der Waals surface area contributed by atoms with Crippen LogP contribution in [0.2, 0.25) is 0 Å². The van der Waals surface area contributed by atoms with Crippen molar-refractivity contribution in [3.8, 4) is 0 Å². The second kappa shape index (κ2) is 10.7. The maximum atomic E-state index is 6.14.